The van der Waals surface area contributed by atoms with Crippen molar-refractivity contribution in [3.8, 4) is 11.5 Å². The number of fused-ring (bicyclic) bond motifs is 1. The van der Waals surface area contributed by atoms with E-state index in [1.54, 1.807) is 18.2 Å². The Morgan fingerprint density at radius 3 is 2.23 bits per heavy atom. The second kappa shape index (κ2) is 7.26. The first-order chi connectivity index (χ1) is 12.3. The van der Waals surface area contributed by atoms with Crippen LogP contribution in [-0.2, 0) is 4.79 Å². The third-order valence-corrected chi connectivity index (χ3v) is 4.92. The molecule has 26 heavy (non-hydrogen) atoms. The SMILES string of the molecule is CC(C)(C)C(=O)Nc1cc2c(cc1C(=O)c1ccccc1I)OCCO2. The average molecular weight is 465 g/mol. The standard InChI is InChI=1S/C20H20INO4/c1-20(2,3)19(24)22-15-11-17-16(25-8-9-26-17)10-13(15)18(23)12-6-4-5-7-14(12)21/h4-7,10-11H,8-9H2,1-3H3,(H,22,24). The summed E-state index contributed by atoms with van der Waals surface area (Å²) in [7, 11) is 0. The fraction of sp³-hybridized carbons (Fsp3) is 0.300. The van der Waals surface area contributed by atoms with Crippen molar-refractivity contribution in [1.29, 1.82) is 0 Å². The van der Waals surface area contributed by atoms with Gasteiger partial charge in [-0.2, -0.15) is 0 Å². The quantitative estimate of drug-likeness (QED) is 0.543. The zero-order valence-corrected chi connectivity index (χ0v) is 17.0. The van der Waals surface area contributed by atoms with Crippen LogP contribution in [0.2, 0.25) is 0 Å². The first-order valence-electron chi connectivity index (χ1n) is 8.31. The number of halogens is 1. The van der Waals surface area contributed by atoms with Crippen molar-refractivity contribution in [2.45, 2.75) is 20.8 Å². The Labute approximate surface area is 166 Å². The number of ether oxygens (including phenoxy) is 2. The van der Waals surface area contributed by atoms with E-state index < -0.39 is 5.41 Å². The third kappa shape index (κ3) is 3.85. The lowest BCUT2D eigenvalue weighted by atomic mass is 9.94. The van der Waals surface area contributed by atoms with Gasteiger partial charge in [-0.25, -0.2) is 0 Å². The lowest BCUT2D eigenvalue weighted by molar-refractivity contribution is -0.123. The molecular formula is C20H20INO4. The topological polar surface area (TPSA) is 64.6 Å². The van der Waals surface area contributed by atoms with Gasteiger partial charge in [0, 0.05) is 20.6 Å². The van der Waals surface area contributed by atoms with Gasteiger partial charge in [0.05, 0.1) is 11.3 Å². The zero-order chi connectivity index (χ0) is 18.9. The van der Waals surface area contributed by atoms with Crippen LogP contribution in [-0.4, -0.2) is 24.9 Å². The molecule has 0 atom stereocenters. The molecule has 136 valence electrons. The van der Waals surface area contributed by atoms with Crippen LogP contribution in [0.4, 0.5) is 5.69 Å². The monoisotopic (exact) mass is 465 g/mol. The number of amides is 1. The number of carbonyl (C=O) groups excluding carboxylic acids is 2. The van der Waals surface area contributed by atoms with Crippen LogP contribution in [0.5, 0.6) is 11.5 Å². The summed E-state index contributed by atoms with van der Waals surface area (Å²) in [5.74, 6) is 0.696. The molecule has 5 nitrogen and oxygen atoms in total. The highest BCUT2D eigenvalue weighted by Gasteiger charge is 2.26. The van der Waals surface area contributed by atoms with Crippen LogP contribution in [0, 0.1) is 8.99 Å². The first-order valence-corrected chi connectivity index (χ1v) is 9.39. The molecule has 6 heteroatoms. The van der Waals surface area contributed by atoms with Crippen molar-refractivity contribution in [2.24, 2.45) is 5.41 Å². The molecule has 1 heterocycles. The van der Waals surface area contributed by atoms with E-state index in [1.165, 1.54) is 0 Å². The molecule has 0 fully saturated rings. The number of benzene rings is 2. The average Bonchev–Trinajstić information content (AvgIpc) is 2.60. The van der Waals surface area contributed by atoms with Gasteiger partial charge in [-0.05, 0) is 40.8 Å². The van der Waals surface area contributed by atoms with Gasteiger partial charge < -0.3 is 14.8 Å². The summed E-state index contributed by atoms with van der Waals surface area (Å²) in [6.07, 6.45) is 0. The van der Waals surface area contributed by atoms with E-state index in [9.17, 15) is 9.59 Å². The van der Waals surface area contributed by atoms with E-state index in [1.807, 2.05) is 39.0 Å². The lowest BCUT2D eigenvalue weighted by Crippen LogP contribution is -2.28. The molecule has 1 amide bonds. The number of hydrogen-bond donors (Lipinski definition) is 1. The Bertz CT molecular complexity index is 871. The Balaban J connectivity index is 2.08. The molecule has 0 saturated carbocycles. The van der Waals surface area contributed by atoms with Crippen LogP contribution < -0.4 is 14.8 Å². The second-order valence-corrected chi connectivity index (χ2v) is 8.22. The highest BCUT2D eigenvalue weighted by molar-refractivity contribution is 14.1. The molecule has 0 unspecified atom stereocenters. The van der Waals surface area contributed by atoms with Crippen molar-refractivity contribution < 1.29 is 19.1 Å². The van der Waals surface area contributed by atoms with Crippen LogP contribution in [0.25, 0.3) is 0 Å². The maximum Gasteiger partial charge on any atom is 0.229 e. The van der Waals surface area contributed by atoms with Crippen LogP contribution in [0.1, 0.15) is 36.7 Å². The number of anilines is 1. The number of ketones is 1. The third-order valence-electron chi connectivity index (χ3n) is 3.97. The van der Waals surface area contributed by atoms with Gasteiger partial charge >= 0.3 is 0 Å². The first kappa shape index (κ1) is 18.7. The largest absolute Gasteiger partial charge is 0.486 e. The minimum atomic E-state index is -0.589. The van der Waals surface area contributed by atoms with E-state index in [0.29, 0.717) is 41.5 Å². The normalized spacial score (nSPS) is 13.2. The number of rotatable bonds is 3. The fourth-order valence-corrected chi connectivity index (χ4v) is 3.11. The van der Waals surface area contributed by atoms with Crippen molar-refractivity contribution in [3.05, 3.63) is 51.1 Å². The molecule has 0 aromatic heterocycles. The van der Waals surface area contributed by atoms with Gasteiger partial charge in [-0.3, -0.25) is 9.59 Å². The predicted octanol–water partition coefficient (Wildman–Crippen LogP) is 4.28. The van der Waals surface area contributed by atoms with Gasteiger partial charge in [0.25, 0.3) is 0 Å². The summed E-state index contributed by atoms with van der Waals surface area (Å²) in [5.41, 5.74) is 0.806. The Morgan fingerprint density at radius 2 is 1.62 bits per heavy atom. The molecule has 2 aromatic rings. The van der Waals surface area contributed by atoms with E-state index in [0.717, 1.165) is 3.57 Å². The number of nitrogens with one attached hydrogen (secondary N) is 1. The summed E-state index contributed by atoms with van der Waals surface area (Å²) in [4.78, 5) is 25.6. The predicted molar refractivity (Wildman–Crippen MR) is 108 cm³/mol. The highest BCUT2D eigenvalue weighted by Crippen LogP contribution is 2.37. The molecule has 0 spiro atoms. The molecule has 0 bridgehead atoms. The van der Waals surface area contributed by atoms with Crippen molar-refractivity contribution in [2.75, 3.05) is 18.5 Å². The minimum Gasteiger partial charge on any atom is -0.486 e. The van der Waals surface area contributed by atoms with E-state index >= 15 is 0 Å². The number of hydrogen-bond acceptors (Lipinski definition) is 4. The van der Waals surface area contributed by atoms with Crippen molar-refractivity contribution in [3.63, 3.8) is 0 Å². The molecule has 2 aromatic carbocycles. The second-order valence-electron chi connectivity index (χ2n) is 7.05. The molecule has 3 rings (SSSR count). The molecule has 0 saturated heterocycles. The van der Waals surface area contributed by atoms with E-state index in [-0.39, 0.29) is 11.7 Å². The minimum absolute atomic E-state index is 0.170. The maximum atomic E-state index is 13.2. The summed E-state index contributed by atoms with van der Waals surface area (Å²) in [6, 6.07) is 10.7. The Morgan fingerprint density at radius 1 is 1.00 bits per heavy atom. The Hall–Kier alpha value is -2.09. The van der Waals surface area contributed by atoms with E-state index in [4.69, 9.17) is 9.47 Å². The number of carbonyl (C=O) groups is 2. The fourth-order valence-electron chi connectivity index (χ4n) is 2.48. The van der Waals surface area contributed by atoms with Gasteiger partial charge in [0.15, 0.2) is 17.3 Å². The smallest absolute Gasteiger partial charge is 0.229 e. The molecule has 1 aliphatic rings. The van der Waals surface area contributed by atoms with Gasteiger partial charge in [0.1, 0.15) is 13.2 Å². The molecule has 0 radical (unpaired) electrons. The summed E-state index contributed by atoms with van der Waals surface area (Å²) >= 11 is 2.13. The van der Waals surface area contributed by atoms with Crippen molar-refractivity contribution >= 4 is 40.0 Å². The van der Waals surface area contributed by atoms with Gasteiger partial charge in [-0.1, -0.05) is 32.9 Å². The molecule has 0 aliphatic carbocycles. The van der Waals surface area contributed by atoms with Crippen molar-refractivity contribution in [1.82, 2.24) is 0 Å². The molecule has 1 aliphatic heterocycles. The summed E-state index contributed by atoms with van der Waals surface area (Å²) in [5, 5.41) is 2.87. The van der Waals surface area contributed by atoms with Gasteiger partial charge in [0.2, 0.25) is 5.91 Å². The summed E-state index contributed by atoms with van der Waals surface area (Å²) in [6.45, 7) is 6.33. The Kier molecular flexibility index (Phi) is 5.22. The van der Waals surface area contributed by atoms with Crippen LogP contribution >= 0.6 is 22.6 Å². The zero-order valence-electron chi connectivity index (χ0n) is 14.9. The van der Waals surface area contributed by atoms with E-state index in [2.05, 4.69) is 27.9 Å². The molecular weight excluding hydrogens is 445 g/mol. The maximum absolute atomic E-state index is 13.2. The van der Waals surface area contributed by atoms with Gasteiger partial charge in [-0.15, -0.1) is 0 Å². The van der Waals surface area contributed by atoms with Crippen LogP contribution in [0.15, 0.2) is 36.4 Å². The van der Waals surface area contributed by atoms with Crippen LogP contribution in [0.3, 0.4) is 0 Å². The molecule has 1 N–H and O–H groups in total. The summed E-state index contributed by atoms with van der Waals surface area (Å²) < 4.78 is 12.1. The highest BCUT2D eigenvalue weighted by atomic mass is 127. The lowest BCUT2D eigenvalue weighted by Gasteiger charge is -2.23.